The van der Waals surface area contributed by atoms with Gasteiger partial charge in [-0.15, -0.1) is 0 Å². The summed E-state index contributed by atoms with van der Waals surface area (Å²) in [7, 11) is 0. The molecule has 1 aromatic heterocycles. The number of rotatable bonds is 7. The van der Waals surface area contributed by atoms with E-state index < -0.39 is 5.92 Å². The number of nitriles is 2. The number of hydrogen-bond acceptors (Lipinski definition) is 9. The lowest BCUT2D eigenvalue weighted by Crippen LogP contribution is -2.61. The number of carbonyl (C=O) groups is 2. The van der Waals surface area contributed by atoms with E-state index in [1.807, 2.05) is 11.0 Å². The molecule has 2 unspecified atom stereocenters. The van der Waals surface area contributed by atoms with Crippen LogP contribution in [0.2, 0.25) is 0 Å². The molecule has 1 aromatic rings. The van der Waals surface area contributed by atoms with Crippen molar-refractivity contribution in [2.45, 2.75) is 31.3 Å². The van der Waals surface area contributed by atoms with Crippen LogP contribution in [0, 0.1) is 28.6 Å². The number of amides is 2. The molecular weight excluding hydrogens is 436 g/mol. The number of aromatic nitrogens is 1. The summed E-state index contributed by atoms with van der Waals surface area (Å²) in [5.41, 5.74) is 5.95. The van der Waals surface area contributed by atoms with E-state index in [0.29, 0.717) is 57.9 Å². The van der Waals surface area contributed by atoms with Crippen molar-refractivity contribution in [1.29, 1.82) is 10.5 Å². The maximum atomic E-state index is 12.6. The van der Waals surface area contributed by atoms with Crippen LogP contribution in [0.1, 0.15) is 24.8 Å². The molecule has 0 bridgehead atoms. The second kappa shape index (κ2) is 11.3. The monoisotopic (exact) mass is 466 g/mol. The van der Waals surface area contributed by atoms with Crippen LogP contribution in [0.3, 0.4) is 0 Å². The van der Waals surface area contributed by atoms with Gasteiger partial charge < -0.3 is 14.5 Å². The first kappa shape index (κ1) is 23.9. The van der Waals surface area contributed by atoms with Crippen LogP contribution >= 0.6 is 0 Å². The number of nitrogens with one attached hydrogen (secondary N) is 2. The number of likely N-dealkylation sites (tertiary alicyclic amines) is 1. The van der Waals surface area contributed by atoms with E-state index in [-0.39, 0.29) is 23.9 Å². The van der Waals surface area contributed by atoms with E-state index in [1.54, 1.807) is 12.3 Å². The van der Waals surface area contributed by atoms with E-state index in [1.165, 1.54) is 0 Å². The molecular formula is C23H30N8O3. The minimum Gasteiger partial charge on any atom is -0.379 e. The number of nitrogens with zero attached hydrogens (tertiary/aromatic N) is 6. The molecule has 11 nitrogen and oxygen atoms in total. The molecule has 0 saturated carbocycles. The van der Waals surface area contributed by atoms with E-state index in [2.05, 4.69) is 37.8 Å². The summed E-state index contributed by atoms with van der Waals surface area (Å²) in [4.78, 5) is 35.1. The fraction of sp³-hybridized carbons (Fsp3) is 0.609. The second-order valence-corrected chi connectivity index (χ2v) is 8.79. The molecule has 3 aliphatic heterocycles. The molecule has 3 aliphatic rings. The van der Waals surface area contributed by atoms with Gasteiger partial charge in [-0.25, -0.2) is 10.4 Å². The minimum absolute atomic E-state index is 0.0772. The Kier molecular flexibility index (Phi) is 7.91. The predicted molar refractivity (Wildman–Crippen MR) is 122 cm³/mol. The molecule has 2 N–H and O–H groups in total. The van der Waals surface area contributed by atoms with E-state index >= 15 is 0 Å². The first-order valence-corrected chi connectivity index (χ1v) is 11.8. The van der Waals surface area contributed by atoms with E-state index in [0.717, 1.165) is 25.2 Å². The molecule has 4 heterocycles. The van der Waals surface area contributed by atoms with E-state index in [4.69, 9.17) is 10.00 Å². The van der Waals surface area contributed by atoms with Crippen molar-refractivity contribution in [3.63, 3.8) is 0 Å². The van der Waals surface area contributed by atoms with Gasteiger partial charge in [0.05, 0.1) is 31.3 Å². The normalized spacial score (nSPS) is 25.5. The summed E-state index contributed by atoms with van der Waals surface area (Å²) in [6, 6.07) is 7.77. The Morgan fingerprint density at radius 3 is 2.74 bits per heavy atom. The Hall–Kier alpha value is -3.25. The van der Waals surface area contributed by atoms with Crippen molar-refractivity contribution >= 4 is 17.6 Å². The highest BCUT2D eigenvalue weighted by molar-refractivity contribution is 5.82. The maximum absolute atomic E-state index is 12.6. The van der Waals surface area contributed by atoms with Gasteiger partial charge in [0.15, 0.2) is 0 Å². The van der Waals surface area contributed by atoms with Crippen LogP contribution in [0.5, 0.6) is 0 Å². The van der Waals surface area contributed by atoms with Gasteiger partial charge in [-0.3, -0.25) is 19.9 Å². The highest BCUT2D eigenvalue weighted by atomic mass is 16.5. The van der Waals surface area contributed by atoms with Crippen LogP contribution in [-0.4, -0.2) is 91.2 Å². The van der Waals surface area contributed by atoms with Crippen molar-refractivity contribution in [2.24, 2.45) is 5.92 Å². The summed E-state index contributed by atoms with van der Waals surface area (Å²) < 4.78 is 5.87. The molecule has 3 saturated heterocycles. The number of anilines is 1. The van der Waals surface area contributed by atoms with Crippen LogP contribution in [-0.2, 0) is 14.3 Å². The number of ether oxygens (including phenoxy) is 1. The number of carbonyl (C=O) groups excluding carboxylic acids is 2. The predicted octanol–water partition coefficient (Wildman–Crippen LogP) is -0.384. The minimum atomic E-state index is -0.693. The molecule has 34 heavy (non-hydrogen) atoms. The highest BCUT2D eigenvalue weighted by Crippen LogP contribution is 2.25. The quantitative estimate of drug-likeness (QED) is 0.515. The summed E-state index contributed by atoms with van der Waals surface area (Å²) >= 11 is 0. The number of hydrogen-bond donors (Lipinski definition) is 2. The summed E-state index contributed by atoms with van der Waals surface area (Å²) in [6.07, 6.45) is 3.85. The van der Waals surface area contributed by atoms with Gasteiger partial charge in [0.2, 0.25) is 5.91 Å². The van der Waals surface area contributed by atoms with Gasteiger partial charge >= 0.3 is 0 Å². The van der Waals surface area contributed by atoms with Gasteiger partial charge in [0.25, 0.3) is 5.91 Å². The Morgan fingerprint density at radius 1 is 1.21 bits per heavy atom. The van der Waals surface area contributed by atoms with Crippen LogP contribution in [0.25, 0.3) is 0 Å². The van der Waals surface area contributed by atoms with E-state index in [9.17, 15) is 14.9 Å². The van der Waals surface area contributed by atoms with Crippen molar-refractivity contribution in [3.05, 3.63) is 23.9 Å². The van der Waals surface area contributed by atoms with Gasteiger partial charge in [0, 0.05) is 51.0 Å². The standard InChI is InChI=1S/C23H30N8O3/c24-12-17-3-4-21(26-14-17)29-7-9-30(10-8-29)22(32)5-11-34-16-18-2-1-6-31(18)20-15-27-28-23(33)19(20)13-25/h3-4,14,18-20,27H,1-2,5-11,15-16H2,(H,28,33)/t18-,19?,20?/m0/s1. The molecule has 4 rings (SSSR count). The lowest BCUT2D eigenvalue weighted by molar-refractivity contribution is -0.133. The van der Waals surface area contributed by atoms with Crippen molar-refractivity contribution < 1.29 is 14.3 Å². The van der Waals surface area contributed by atoms with Gasteiger partial charge in [-0.05, 0) is 31.5 Å². The third kappa shape index (κ3) is 5.45. The molecule has 0 aromatic carbocycles. The first-order valence-electron chi connectivity index (χ1n) is 11.8. The average molecular weight is 467 g/mol. The van der Waals surface area contributed by atoms with Gasteiger partial charge in [-0.1, -0.05) is 0 Å². The topological polar surface area (TPSA) is 138 Å². The zero-order chi connectivity index (χ0) is 23.9. The fourth-order valence-electron chi connectivity index (χ4n) is 4.90. The lowest BCUT2D eigenvalue weighted by atomic mass is 9.96. The van der Waals surface area contributed by atoms with Gasteiger partial charge in [-0.2, -0.15) is 10.5 Å². The Morgan fingerprint density at radius 2 is 2.03 bits per heavy atom. The fourth-order valence-corrected chi connectivity index (χ4v) is 4.90. The highest BCUT2D eigenvalue weighted by Gasteiger charge is 2.40. The SMILES string of the molecule is N#Cc1ccc(N2CCN(C(=O)CCOC[C@@H]3CCCN3C3CNNC(=O)C3C#N)CC2)nc1. The number of piperazine rings is 1. The van der Waals surface area contributed by atoms with Crippen LogP contribution < -0.4 is 15.8 Å². The Labute approximate surface area is 199 Å². The van der Waals surface area contributed by atoms with Crippen LogP contribution in [0.4, 0.5) is 5.82 Å². The molecule has 0 spiro atoms. The first-order chi connectivity index (χ1) is 16.6. The van der Waals surface area contributed by atoms with Gasteiger partial charge in [0.1, 0.15) is 17.8 Å². The largest absolute Gasteiger partial charge is 0.379 e. The molecule has 0 aliphatic carbocycles. The summed E-state index contributed by atoms with van der Waals surface area (Å²) in [5.74, 6) is -0.0826. The molecule has 180 valence electrons. The molecule has 11 heteroatoms. The summed E-state index contributed by atoms with van der Waals surface area (Å²) in [6.45, 7) is 4.86. The maximum Gasteiger partial charge on any atom is 0.253 e. The van der Waals surface area contributed by atoms with Crippen molar-refractivity contribution in [1.82, 2.24) is 25.6 Å². The Balaban J connectivity index is 1.18. The zero-order valence-corrected chi connectivity index (χ0v) is 19.2. The zero-order valence-electron chi connectivity index (χ0n) is 19.2. The third-order valence-corrected chi connectivity index (χ3v) is 6.78. The lowest BCUT2D eigenvalue weighted by Gasteiger charge is -2.37. The van der Waals surface area contributed by atoms with Crippen molar-refractivity contribution in [2.75, 3.05) is 57.4 Å². The third-order valence-electron chi connectivity index (χ3n) is 6.78. The average Bonchev–Trinajstić information content (AvgIpc) is 3.35. The number of pyridine rings is 1. The molecule has 3 fully saturated rings. The molecule has 2 amide bonds. The molecule has 0 radical (unpaired) electrons. The Bertz CT molecular complexity index is 948. The second-order valence-electron chi connectivity index (χ2n) is 8.79. The number of hydrazine groups is 1. The molecule has 3 atom stereocenters. The van der Waals surface area contributed by atoms with Crippen LogP contribution in [0.15, 0.2) is 18.3 Å². The summed E-state index contributed by atoms with van der Waals surface area (Å²) in [5, 5.41) is 18.3. The van der Waals surface area contributed by atoms with Crippen molar-refractivity contribution in [3.8, 4) is 12.1 Å². The smallest absolute Gasteiger partial charge is 0.253 e.